The Morgan fingerprint density at radius 1 is 1.11 bits per heavy atom. The lowest BCUT2D eigenvalue weighted by atomic mass is 10.1. The quantitative estimate of drug-likeness (QED) is 0.324. The van der Waals surface area contributed by atoms with Gasteiger partial charge in [-0.05, 0) is 24.6 Å². The van der Waals surface area contributed by atoms with Crippen molar-refractivity contribution < 1.29 is 9.53 Å². The van der Waals surface area contributed by atoms with E-state index in [4.69, 9.17) is 9.72 Å². The van der Waals surface area contributed by atoms with Crippen LogP contribution in [0.4, 0.5) is 0 Å². The second-order valence-electron chi connectivity index (χ2n) is 6.60. The summed E-state index contributed by atoms with van der Waals surface area (Å²) in [7, 11) is 0. The Labute approximate surface area is 165 Å². The molecule has 0 aliphatic heterocycles. The van der Waals surface area contributed by atoms with Gasteiger partial charge in [-0.15, -0.1) is 6.58 Å². The molecule has 4 heteroatoms. The first-order chi connectivity index (χ1) is 13.6. The van der Waals surface area contributed by atoms with Gasteiger partial charge in [-0.25, -0.2) is 9.78 Å². The third kappa shape index (κ3) is 4.46. The van der Waals surface area contributed by atoms with E-state index in [-0.39, 0.29) is 6.61 Å². The molecule has 0 atom stereocenters. The number of esters is 1. The summed E-state index contributed by atoms with van der Waals surface area (Å²) in [6.45, 7) is 9.25. The molecule has 0 saturated heterocycles. The fraction of sp³-hybridized carbons (Fsp3) is 0.167. The molecule has 1 aromatic heterocycles. The third-order valence-corrected chi connectivity index (χ3v) is 4.37. The molecule has 0 aliphatic carbocycles. The number of allylic oxidation sites excluding steroid dienone is 1. The number of benzene rings is 2. The molecule has 28 heavy (non-hydrogen) atoms. The summed E-state index contributed by atoms with van der Waals surface area (Å²) in [6.07, 6.45) is 3.13. The number of hydrogen-bond acceptors (Lipinski definition) is 3. The van der Waals surface area contributed by atoms with Crippen LogP contribution in [-0.2, 0) is 29.0 Å². The summed E-state index contributed by atoms with van der Waals surface area (Å²) in [4.78, 5) is 16.7. The van der Waals surface area contributed by atoms with Crippen LogP contribution < -0.4 is 0 Å². The van der Waals surface area contributed by atoms with Gasteiger partial charge in [0.25, 0.3) is 0 Å². The molecule has 0 N–H and O–H groups in total. The topological polar surface area (TPSA) is 44.1 Å². The van der Waals surface area contributed by atoms with Gasteiger partial charge in [0, 0.05) is 24.1 Å². The summed E-state index contributed by atoms with van der Waals surface area (Å²) in [5, 5.41) is 0. The molecule has 4 nitrogen and oxygen atoms in total. The second kappa shape index (κ2) is 9.00. The highest BCUT2D eigenvalue weighted by molar-refractivity contribution is 5.86. The van der Waals surface area contributed by atoms with Gasteiger partial charge in [-0.1, -0.05) is 61.2 Å². The van der Waals surface area contributed by atoms with Crippen LogP contribution in [0.3, 0.4) is 0 Å². The number of aromatic nitrogens is 2. The van der Waals surface area contributed by atoms with E-state index >= 15 is 0 Å². The minimum Gasteiger partial charge on any atom is -0.456 e. The number of para-hydroxylation sites is 1. The molecule has 142 valence electrons. The Kier molecular flexibility index (Phi) is 6.22. The Bertz CT molecular complexity index is 973. The van der Waals surface area contributed by atoms with E-state index in [2.05, 4.69) is 29.9 Å². The molecule has 0 bridgehead atoms. The summed E-state index contributed by atoms with van der Waals surface area (Å²) in [5.74, 6) is 0.457. The average Bonchev–Trinajstić information content (AvgIpc) is 3.04. The number of nitrogens with zero attached hydrogens (tertiary/aromatic N) is 2. The number of carbonyl (C=O) groups excluding carboxylic acids is 1. The monoisotopic (exact) mass is 372 g/mol. The van der Waals surface area contributed by atoms with Crippen LogP contribution in [0.25, 0.3) is 5.69 Å². The first-order valence-electron chi connectivity index (χ1n) is 9.22. The molecule has 0 radical (unpaired) electrons. The summed E-state index contributed by atoms with van der Waals surface area (Å²) in [6, 6.07) is 20.3. The normalized spacial score (nSPS) is 10.5. The van der Waals surface area contributed by atoms with Crippen molar-refractivity contribution >= 4 is 5.97 Å². The van der Waals surface area contributed by atoms with Crippen LogP contribution in [-0.4, -0.2) is 15.5 Å². The predicted molar refractivity (Wildman–Crippen MR) is 111 cm³/mol. The summed E-state index contributed by atoms with van der Waals surface area (Å²) >= 11 is 0. The van der Waals surface area contributed by atoms with E-state index in [1.54, 1.807) is 6.92 Å². The van der Waals surface area contributed by atoms with Crippen molar-refractivity contribution in [1.82, 2.24) is 9.55 Å². The summed E-state index contributed by atoms with van der Waals surface area (Å²) < 4.78 is 7.55. The van der Waals surface area contributed by atoms with E-state index < -0.39 is 5.97 Å². The zero-order valence-electron chi connectivity index (χ0n) is 16.1. The minimum absolute atomic E-state index is 0.109. The average molecular weight is 372 g/mol. The first-order valence-corrected chi connectivity index (χ1v) is 9.22. The molecule has 0 saturated carbocycles. The number of hydrogen-bond donors (Lipinski definition) is 0. The van der Waals surface area contributed by atoms with Crippen molar-refractivity contribution in [1.29, 1.82) is 0 Å². The molecule has 0 unspecified atom stereocenters. The van der Waals surface area contributed by atoms with Gasteiger partial charge in [-0.3, -0.25) is 4.57 Å². The molecule has 0 amide bonds. The lowest BCUT2D eigenvalue weighted by Crippen LogP contribution is -2.09. The molecule has 2 aromatic carbocycles. The van der Waals surface area contributed by atoms with Gasteiger partial charge >= 0.3 is 5.97 Å². The lowest BCUT2D eigenvalue weighted by Gasteiger charge is -2.13. The van der Waals surface area contributed by atoms with Crippen molar-refractivity contribution in [2.75, 3.05) is 0 Å². The second-order valence-corrected chi connectivity index (χ2v) is 6.60. The maximum atomic E-state index is 11.9. The van der Waals surface area contributed by atoms with Gasteiger partial charge < -0.3 is 4.74 Å². The van der Waals surface area contributed by atoms with Crippen LogP contribution in [0.15, 0.2) is 85.5 Å². The standard InChI is InChI=1S/C24H24N2O2/c1-4-11-23-25-21(17-28-24(27)18(2)3)22(16-19-12-7-5-8-13-19)26(23)20-14-9-6-10-15-20/h4-10,12-15H,1-2,11,16-17H2,3H3. The zero-order valence-corrected chi connectivity index (χ0v) is 16.1. The smallest absolute Gasteiger partial charge is 0.333 e. The highest BCUT2D eigenvalue weighted by atomic mass is 16.5. The molecule has 0 fully saturated rings. The zero-order chi connectivity index (χ0) is 19.9. The predicted octanol–water partition coefficient (Wildman–Crippen LogP) is 4.81. The Hall–Kier alpha value is -3.40. The van der Waals surface area contributed by atoms with E-state index in [1.807, 2.05) is 54.6 Å². The minimum atomic E-state index is -0.412. The molecule has 0 spiro atoms. The van der Waals surface area contributed by atoms with Gasteiger partial charge in [0.2, 0.25) is 0 Å². The molecular formula is C24H24N2O2. The fourth-order valence-electron chi connectivity index (χ4n) is 3.05. The maximum absolute atomic E-state index is 11.9. The Morgan fingerprint density at radius 2 is 1.75 bits per heavy atom. The highest BCUT2D eigenvalue weighted by Gasteiger charge is 2.19. The van der Waals surface area contributed by atoms with E-state index in [0.717, 1.165) is 28.5 Å². The molecule has 3 aromatic rings. The van der Waals surface area contributed by atoms with E-state index in [0.29, 0.717) is 18.4 Å². The number of imidazole rings is 1. The van der Waals surface area contributed by atoms with E-state index in [1.165, 1.54) is 0 Å². The number of carbonyl (C=O) groups is 1. The van der Waals surface area contributed by atoms with Gasteiger partial charge in [0.05, 0.1) is 5.69 Å². The van der Waals surface area contributed by atoms with Crippen molar-refractivity contribution in [2.45, 2.75) is 26.4 Å². The van der Waals surface area contributed by atoms with Crippen molar-refractivity contribution in [2.24, 2.45) is 0 Å². The summed E-state index contributed by atoms with van der Waals surface area (Å²) in [5.41, 5.74) is 4.31. The van der Waals surface area contributed by atoms with Crippen molar-refractivity contribution in [3.05, 3.63) is 108 Å². The van der Waals surface area contributed by atoms with Crippen molar-refractivity contribution in [3.8, 4) is 5.69 Å². The van der Waals surface area contributed by atoms with Gasteiger partial charge in [0.1, 0.15) is 18.1 Å². The Morgan fingerprint density at radius 3 is 2.36 bits per heavy atom. The van der Waals surface area contributed by atoms with Crippen LogP contribution >= 0.6 is 0 Å². The highest BCUT2D eigenvalue weighted by Crippen LogP contribution is 2.23. The van der Waals surface area contributed by atoms with Crippen LogP contribution in [0.2, 0.25) is 0 Å². The maximum Gasteiger partial charge on any atom is 0.333 e. The molecule has 0 aliphatic rings. The largest absolute Gasteiger partial charge is 0.456 e. The van der Waals surface area contributed by atoms with Gasteiger partial charge in [0.15, 0.2) is 0 Å². The Balaban J connectivity index is 2.08. The van der Waals surface area contributed by atoms with Crippen LogP contribution in [0.1, 0.15) is 29.7 Å². The molecule has 1 heterocycles. The van der Waals surface area contributed by atoms with Crippen molar-refractivity contribution in [3.63, 3.8) is 0 Å². The molecular weight excluding hydrogens is 348 g/mol. The fourth-order valence-corrected chi connectivity index (χ4v) is 3.05. The first kappa shape index (κ1) is 19.4. The number of rotatable bonds is 8. The van der Waals surface area contributed by atoms with Crippen LogP contribution in [0.5, 0.6) is 0 Å². The SMILES string of the molecule is C=CCc1nc(COC(=O)C(=C)C)c(Cc2ccccc2)n1-c1ccccc1. The third-order valence-electron chi connectivity index (χ3n) is 4.37. The van der Waals surface area contributed by atoms with Crippen LogP contribution in [0, 0.1) is 0 Å². The molecule has 3 rings (SSSR count). The number of ether oxygens (including phenoxy) is 1. The van der Waals surface area contributed by atoms with E-state index in [9.17, 15) is 4.79 Å². The van der Waals surface area contributed by atoms with Gasteiger partial charge in [-0.2, -0.15) is 0 Å². The lowest BCUT2D eigenvalue weighted by molar-refractivity contribution is -0.140.